The fraction of sp³-hybridized carbons (Fsp3) is 0.250. The zero-order chi connectivity index (χ0) is 21.9. The van der Waals surface area contributed by atoms with Crippen molar-refractivity contribution in [1.82, 2.24) is 9.88 Å². The van der Waals surface area contributed by atoms with Gasteiger partial charge in [0.05, 0.1) is 5.92 Å². The molecule has 162 valence electrons. The van der Waals surface area contributed by atoms with Gasteiger partial charge in [0.1, 0.15) is 5.82 Å². The molecule has 1 N–H and O–H groups in total. The van der Waals surface area contributed by atoms with Crippen molar-refractivity contribution in [3.8, 4) is 0 Å². The van der Waals surface area contributed by atoms with E-state index in [-0.39, 0.29) is 17.6 Å². The van der Waals surface area contributed by atoms with Crippen LogP contribution in [0.5, 0.6) is 0 Å². The molecule has 1 atom stereocenters. The SMILES string of the molecule is O=C(NCCc1ccccc1)C1CCCc2c1c1ccccc1n2Cc1cccc(F)c1. The summed E-state index contributed by atoms with van der Waals surface area (Å²) >= 11 is 0. The second kappa shape index (κ2) is 8.99. The zero-order valence-corrected chi connectivity index (χ0v) is 18.1. The van der Waals surface area contributed by atoms with Gasteiger partial charge in [0.15, 0.2) is 0 Å². The van der Waals surface area contributed by atoms with Gasteiger partial charge in [-0.25, -0.2) is 4.39 Å². The molecule has 3 nitrogen and oxygen atoms in total. The number of rotatable bonds is 6. The fourth-order valence-electron chi connectivity index (χ4n) is 5.02. The molecule has 1 unspecified atom stereocenters. The van der Waals surface area contributed by atoms with E-state index in [0.717, 1.165) is 47.7 Å². The predicted molar refractivity (Wildman–Crippen MR) is 126 cm³/mol. The van der Waals surface area contributed by atoms with Crippen LogP contribution < -0.4 is 5.32 Å². The first-order valence-corrected chi connectivity index (χ1v) is 11.4. The minimum Gasteiger partial charge on any atom is -0.355 e. The van der Waals surface area contributed by atoms with Gasteiger partial charge in [-0.15, -0.1) is 0 Å². The van der Waals surface area contributed by atoms with Gasteiger partial charge in [0, 0.05) is 29.7 Å². The number of aromatic nitrogens is 1. The minimum atomic E-state index is -0.219. The van der Waals surface area contributed by atoms with Gasteiger partial charge < -0.3 is 9.88 Å². The van der Waals surface area contributed by atoms with Crippen LogP contribution in [0.3, 0.4) is 0 Å². The summed E-state index contributed by atoms with van der Waals surface area (Å²) in [4.78, 5) is 13.2. The maximum Gasteiger partial charge on any atom is 0.227 e. The molecule has 1 heterocycles. The number of nitrogens with one attached hydrogen (secondary N) is 1. The Morgan fingerprint density at radius 2 is 1.75 bits per heavy atom. The van der Waals surface area contributed by atoms with Crippen LogP contribution in [0.25, 0.3) is 10.9 Å². The molecule has 1 aliphatic rings. The average molecular weight is 427 g/mol. The van der Waals surface area contributed by atoms with Gasteiger partial charge in [0.25, 0.3) is 0 Å². The highest BCUT2D eigenvalue weighted by Gasteiger charge is 2.31. The lowest BCUT2D eigenvalue weighted by Gasteiger charge is -2.24. The Labute approximate surface area is 187 Å². The van der Waals surface area contributed by atoms with Crippen molar-refractivity contribution >= 4 is 16.8 Å². The van der Waals surface area contributed by atoms with Crippen LogP contribution in [0.15, 0.2) is 78.9 Å². The number of para-hydroxylation sites is 1. The number of hydrogen-bond donors (Lipinski definition) is 1. The second-order valence-corrected chi connectivity index (χ2v) is 8.57. The van der Waals surface area contributed by atoms with Crippen molar-refractivity contribution in [2.45, 2.75) is 38.1 Å². The molecular formula is C28H27FN2O. The molecular weight excluding hydrogens is 399 g/mol. The third kappa shape index (κ3) is 4.05. The minimum absolute atomic E-state index is 0.107. The molecule has 32 heavy (non-hydrogen) atoms. The third-order valence-electron chi connectivity index (χ3n) is 6.48. The maximum absolute atomic E-state index is 13.8. The molecule has 1 aliphatic carbocycles. The number of fused-ring (bicyclic) bond motifs is 3. The number of benzene rings is 3. The van der Waals surface area contributed by atoms with E-state index < -0.39 is 0 Å². The van der Waals surface area contributed by atoms with E-state index in [9.17, 15) is 9.18 Å². The van der Waals surface area contributed by atoms with Crippen LogP contribution in [-0.2, 0) is 24.2 Å². The standard InChI is InChI=1S/C28H27FN2O/c29-22-11-6-10-21(18-22)19-31-25-14-5-4-12-23(25)27-24(13-7-15-26(27)31)28(32)30-17-16-20-8-2-1-3-9-20/h1-6,8-12,14,18,24H,7,13,15-17,19H2,(H,30,32). The van der Waals surface area contributed by atoms with Gasteiger partial charge in [0.2, 0.25) is 5.91 Å². The molecule has 5 rings (SSSR count). The molecule has 4 heteroatoms. The molecule has 1 aromatic heterocycles. The molecule has 4 aromatic rings. The Hall–Kier alpha value is -3.40. The Kier molecular flexibility index (Phi) is 5.76. The number of halogens is 1. The van der Waals surface area contributed by atoms with Crippen LogP contribution in [0.1, 0.15) is 41.1 Å². The van der Waals surface area contributed by atoms with E-state index in [0.29, 0.717) is 13.1 Å². The van der Waals surface area contributed by atoms with Crippen LogP contribution in [0, 0.1) is 5.82 Å². The Morgan fingerprint density at radius 3 is 2.59 bits per heavy atom. The van der Waals surface area contributed by atoms with Crippen LogP contribution >= 0.6 is 0 Å². The van der Waals surface area contributed by atoms with E-state index in [2.05, 4.69) is 34.1 Å². The Balaban J connectivity index is 1.44. The summed E-state index contributed by atoms with van der Waals surface area (Å²) in [7, 11) is 0. The first-order valence-electron chi connectivity index (χ1n) is 11.4. The summed E-state index contributed by atoms with van der Waals surface area (Å²) in [6, 6.07) is 25.3. The van der Waals surface area contributed by atoms with Crippen molar-refractivity contribution in [3.05, 3.63) is 107 Å². The molecule has 0 radical (unpaired) electrons. The summed E-state index contributed by atoms with van der Waals surface area (Å²) in [5.41, 5.74) is 5.64. The van der Waals surface area contributed by atoms with E-state index in [4.69, 9.17) is 0 Å². The van der Waals surface area contributed by atoms with Crippen LogP contribution in [0.4, 0.5) is 4.39 Å². The fourth-order valence-corrected chi connectivity index (χ4v) is 5.02. The average Bonchev–Trinajstić information content (AvgIpc) is 3.14. The number of carbonyl (C=O) groups excluding carboxylic acids is 1. The predicted octanol–water partition coefficient (Wildman–Crippen LogP) is 5.61. The van der Waals surface area contributed by atoms with Crippen LogP contribution in [0.2, 0.25) is 0 Å². The van der Waals surface area contributed by atoms with Gasteiger partial charge >= 0.3 is 0 Å². The quantitative estimate of drug-likeness (QED) is 0.427. The summed E-state index contributed by atoms with van der Waals surface area (Å²) in [5.74, 6) is -0.257. The number of nitrogens with zero attached hydrogens (tertiary/aromatic N) is 1. The lowest BCUT2D eigenvalue weighted by molar-refractivity contribution is -0.122. The van der Waals surface area contributed by atoms with Crippen molar-refractivity contribution in [3.63, 3.8) is 0 Å². The summed E-state index contributed by atoms with van der Waals surface area (Å²) in [6.07, 6.45) is 3.60. The van der Waals surface area contributed by atoms with Crippen molar-refractivity contribution in [2.75, 3.05) is 6.54 Å². The molecule has 0 aliphatic heterocycles. The summed E-state index contributed by atoms with van der Waals surface area (Å²) in [5, 5.41) is 4.32. The molecule has 0 spiro atoms. The van der Waals surface area contributed by atoms with E-state index in [1.807, 2.05) is 36.4 Å². The third-order valence-corrected chi connectivity index (χ3v) is 6.48. The zero-order valence-electron chi connectivity index (χ0n) is 18.1. The summed E-state index contributed by atoms with van der Waals surface area (Å²) < 4.78 is 16.1. The van der Waals surface area contributed by atoms with E-state index in [1.165, 1.54) is 17.3 Å². The smallest absolute Gasteiger partial charge is 0.227 e. The topological polar surface area (TPSA) is 34.0 Å². The normalized spacial score (nSPS) is 15.5. The van der Waals surface area contributed by atoms with Gasteiger partial charge in [-0.05, 0) is 60.6 Å². The van der Waals surface area contributed by atoms with Crippen molar-refractivity contribution in [1.29, 1.82) is 0 Å². The van der Waals surface area contributed by atoms with Crippen molar-refractivity contribution < 1.29 is 9.18 Å². The lowest BCUT2D eigenvalue weighted by atomic mass is 9.84. The van der Waals surface area contributed by atoms with Gasteiger partial charge in [-0.2, -0.15) is 0 Å². The molecule has 1 amide bonds. The second-order valence-electron chi connectivity index (χ2n) is 8.57. The number of hydrogen-bond acceptors (Lipinski definition) is 1. The molecule has 0 saturated carbocycles. The molecule has 0 saturated heterocycles. The lowest BCUT2D eigenvalue weighted by Crippen LogP contribution is -2.33. The monoisotopic (exact) mass is 426 g/mol. The first kappa shape index (κ1) is 20.5. The highest BCUT2D eigenvalue weighted by atomic mass is 19.1. The van der Waals surface area contributed by atoms with E-state index in [1.54, 1.807) is 12.1 Å². The summed E-state index contributed by atoms with van der Waals surface area (Å²) in [6.45, 7) is 1.24. The van der Waals surface area contributed by atoms with Gasteiger partial charge in [-0.3, -0.25) is 4.79 Å². The highest BCUT2D eigenvalue weighted by Crippen LogP contribution is 2.39. The Bertz CT molecular complexity index is 1250. The molecule has 0 fully saturated rings. The highest BCUT2D eigenvalue weighted by molar-refractivity contribution is 5.94. The van der Waals surface area contributed by atoms with Crippen LogP contribution in [-0.4, -0.2) is 17.0 Å². The Morgan fingerprint density at radius 1 is 0.969 bits per heavy atom. The number of amides is 1. The maximum atomic E-state index is 13.8. The number of carbonyl (C=O) groups is 1. The van der Waals surface area contributed by atoms with Crippen molar-refractivity contribution in [2.24, 2.45) is 0 Å². The largest absolute Gasteiger partial charge is 0.355 e. The first-order chi connectivity index (χ1) is 15.7. The molecule has 3 aromatic carbocycles. The van der Waals surface area contributed by atoms with E-state index >= 15 is 0 Å². The van der Waals surface area contributed by atoms with Gasteiger partial charge in [-0.1, -0.05) is 60.7 Å². The molecule has 0 bridgehead atoms.